The predicted molar refractivity (Wildman–Crippen MR) is 71.9 cm³/mol. The number of nitrogens with one attached hydrogen (secondary N) is 1. The molecule has 5 nitrogen and oxygen atoms in total. The van der Waals surface area contributed by atoms with Gasteiger partial charge in [-0.3, -0.25) is 4.79 Å². The third-order valence-corrected chi connectivity index (χ3v) is 4.69. The number of carboxylic acids is 1. The molecule has 2 fully saturated rings. The zero-order valence-electron chi connectivity index (χ0n) is 11.7. The van der Waals surface area contributed by atoms with Crippen LogP contribution < -0.4 is 5.32 Å². The molecule has 2 N–H and O–H groups in total. The van der Waals surface area contributed by atoms with Crippen LogP contribution in [-0.2, 0) is 4.79 Å². The molecule has 0 aromatic rings. The first-order valence-electron chi connectivity index (χ1n) is 7.29. The molecule has 1 aliphatic carbocycles. The highest BCUT2D eigenvalue weighted by molar-refractivity contribution is 5.74. The number of piperidine rings is 1. The highest BCUT2D eigenvalue weighted by atomic mass is 16.4. The maximum atomic E-state index is 12.0. The Morgan fingerprint density at radius 2 is 1.95 bits per heavy atom. The second kappa shape index (κ2) is 5.80. The molecule has 1 heterocycles. The number of carboxylic acid groups (broad SMARTS) is 1. The van der Waals surface area contributed by atoms with Crippen LogP contribution in [0.1, 0.15) is 45.4 Å². The summed E-state index contributed by atoms with van der Waals surface area (Å²) in [5.74, 6) is -0.506. The average Bonchev–Trinajstić information content (AvgIpc) is 3.17. The Labute approximate surface area is 114 Å². The minimum atomic E-state index is -0.735. The van der Waals surface area contributed by atoms with Crippen LogP contribution in [0.25, 0.3) is 0 Å². The SMILES string of the molecule is CCC1(CNC(=O)N2CCC(CC(=O)O)CC2)CC1. The Balaban J connectivity index is 1.69. The third-order valence-electron chi connectivity index (χ3n) is 4.69. The van der Waals surface area contributed by atoms with E-state index in [2.05, 4.69) is 12.2 Å². The molecule has 2 amide bonds. The maximum absolute atomic E-state index is 12.0. The summed E-state index contributed by atoms with van der Waals surface area (Å²) in [6.07, 6.45) is 5.43. The van der Waals surface area contributed by atoms with Gasteiger partial charge in [-0.15, -0.1) is 0 Å². The first-order chi connectivity index (χ1) is 9.04. The number of carbonyl (C=O) groups is 2. The summed E-state index contributed by atoms with van der Waals surface area (Å²) >= 11 is 0. The minimum absolute atomic E-state index is 0.0218. The van der Waals surface area contributed by atoms with Gasteiger partial charge in [-0.1, -0.05) is 6.92 Å². The fourth-order valence-corrected chi connectivity index (χ4v) is 2.79. The lowest BCUT2D eigenvalue weighted by Gasteiger charge is -2.31. The zero-order valence-corrected chi connectivity index (χ0v) is 11.7. The molecule has 0 atom stereocenters. The number of hydrogen-bond donors (Lipinski definition) is 2. The Hall–Kier alpha value is -1.26. The molecule has 1 saturated heterocycles. The third kappa shape index (κ3) is 3.85. The molecule has 19 heavy (non-hydrogen) atoms. The second-order valence-corrected chi connectivity index (χ2v) is 6.04. The van der Waals surface area contributed by atoms with Crippen molar-refractivity contribution in [2.45, 2.75) is 45.4 Å². The van der Waals surface area contributed by atoms with Gasteiger partial charge in [-0.05, 0) is 43.4 Å². The number of hydrogen-bond acceptors (Lipinski definition) is 2. The van der Waals surface area contributed by atoms with Gasteiger partial charge in [-0.2, -0.15) is 0 Å². The first-order valence-corrected chi connectivity index (χ1v) is 7.29. The lowest BCUT2D eigenvalue weighted by molar-refractivity contribution is -0.138. The Morgan fingerprint density at radius 3 is 2.42 bits per heavy atom. The number of amides is 2. The van der Waals surface area contributed by atoms with Gasteiger partial charge in [0.1, 0.15) is 0 Å². The van der Waals surface area contributed by atoms with Gasteiger partial charge in [0.15, 0.2) is 0 Å². The van der Waals surface area contributed by atoms with Gasteiger partial charge in [0.2, 0.25) is 0 Å². The van der Waals surface area contributed by atoms with Crippen molar-refractivity contribution in [2.24, 2.45) is 11.3 Å². The van der Waals surface area contributed by atoms with Gasteiger partial charge in [0.25, 0.3) is 0 Å². The monoisotopic (exact) mass is 268 g/mol. The van der Waals surface area contributed by atoms with E-state index in [-0.39, 0.29) is 18.4 Å². The van der Waals surface area contributed by atoms with E-state index in [1.807, 2.05) is 4.90 Å². The summed E-state index contributed by atoms with van der Waals surface area (Å²) in [7, 11) is 0. The molecular weight excluding hydrogens is 244 g/mol. The molecular formula is C14H24N2O3. The molecule has 0 spiro atoms. The molecule has 2 aliphatic rings. The van der Waals surface area contributed by atoms with Gasteiger partial charge in [0, 0.05) is 26.1 Å². The number of aliphatic carboxylic acids is 1. The number of nitrogens with zero attached hydrogens (tertiary/aromatic N) is 1. The van der Waals surface area contributed by atoms with Crippen molar-refractivity contribution in [1.82, 2.24) is 10.2 Å². The van der Waals surface area contributed by atoms with Crippen molar-refractivity contribution in [2.75, 3.05) is 19.6 Å². The summed E-state index contributed by atoms with van der Waals surface area (Å²) < 4.78 is 0. The standard InChI is InChI=1S/C14H24N2O3/c1-2-14(5-6-14)10-15-13(19)16-7-3-11(4-8-16)9-12(17)18/h11H,2-10H2,1H3,(H,15,19)(H,17,18). The van der Waals surface area contributed by atoms with E-state index in [0.29, 0.717) is 18.5 Å². The largest absolute Gasteiger partial charge is 0.481 e. The quantitative estimate of drug-likeness (QED) is 0.802. The van der Waals surface area contributed by atoms with E-state index in [4.69, 9.17) is 5.11 Å². The van der Waals surface area contributed by atoms with Gasteiger partial charge in [-0.25, -0.2) is 4.79 Å². The number of urea groups is 1. The minimum Gasteiger partial charge on any atom is -0.481 e. The molecule has 0 aromatic carbocycles. The van der Waals surface area contributed by atoms with E-state index in [1.165, 1.54) is 12.8 Å². The summed E-state index contributed by atoms with van der Waals surface area (Å²) in [5.41, 5.74) is 0.372. The maximum Gasteiger partial charge on any atom is 0.317 e. The molecule has 0 bridgehead atoms. The molecule has 0 aromatic heterocycles. The number of likely N-dealkylation sites (tertiary alicyclic amines) is 1. The van der Waals surface area contributed by atoms with Crippen LogP contribution in [0.2, 0.25) is 0 Å². The molecule has 2 rings (SSSR count). The van der Waals surface area contributed by atoms with Crippen LogP contribution in [0, 0.1) is 11.3 Å². The number of rotatable bonds is 5. The summed E-state index contributed by atoms with van der Waals surface area (Å²) in [5, 5.41) is 11.8. The fourth-order valence-electron chi connectivity index (χ4n) is 2.79. The molecule has 1 saturated carbocycles. The lowest BCUT2D eigenvalue weighted by atomic mass is 9.94. The van der Waals surface area contributed by atoms with Gasteiger partial charge >= 0.3 is 12.0 Å². The molecule has 0 unspecified atom stereocenters. The van der Waals surface area contributed by atoms with Gasteiger partial charge < -0.3 is 15.3 Å². The summed E-state index contributed by atoms with van der Waals surface area (Å²) in [6, 6.07) is 0.0218. The summed E-state index contributed by atoms with van der Waals surface area (Å²) in [6.45, 7) is 4.33. The zero-order chi connectivity index (χ0) is 13.9. The van der Waals surface area contributed by atoms with Crippen molar-refractivity contribution in [1.29, 1.82) is 0 Å². The fraction of sp³-hybridized carbons (Fsp3) is 0.857. The first kappa shape index (κ1) is 14.2. The van der Waals surface area contributed by atoms with E-state index in [0.717, 1.165) is 25.8 Å². The normalized spacial score (nSPS) is 22.1. The van der Waals surface area contributed by atoms with Crippen molar-refractivity contribution >= 4 is 12.0 Å². The smallest absolute Gasteiger partial charge is 0.317 e. The predicted octanol–water partition coefficient (Wildman–Crippen LogP) is 2.07. The highest BCUT2D eigenvalue weighted by Crippen LogP contribution is 2.47. The van der Waals surface area contributed by atoms with Crippen molar-refractivity contribution < 1.29 is 14.7 Å². The van der Waals surface area contributed by atoms with Crippen molar-refractivity contribution in [3.8, 4) is 0 Å². The van der Waals surface area contributed by atoms with Crippen LogP contribution in [0.3, 0.4) is 0 Å². The molecule has 0 radical (unpaired) electrons. The van der Waals surface area contributed by atoms with E-state index >= 15 is 0 Å². The van der Waals surface area contributed by atoms with Crippen LogP contribution in [0.15, 0.2) is 0 Å². The molecule has 108 valence electrons. The van der Waals surface area contributed by atoms with Crippen molar-refractivity contribution in [3.63, 3.8) is 0 Å². The van der Waals surface area contributed by atoms with Crippen LogP contribution >= 0.6 is 0 Å². The van der Waals surface area contributed by atoms with E-state index in [1.54, 1.807) is 0 Å². The number of carbonyl (C=O) groups excluding carboxylic acids is 1. The van der Waals surface area contributed by atoms with E-state index in [9.17, 15) is 9.59 Å². The summed E-state index contributed by atoms with van der Waals surface area (Å²) in [4.78, 5) is 24.5. The van der Waals surface area contributed by atoms with Crippen LogP contribution in [0.4, 0.5) is 4.79 Å². The highest BCUT2D eigenvalue weighted by Gasteiger charge is 2.41. The lowest BCUT2D eigenvalue weighted by Crippen LogP contribution is -2.46. The Kier molecular flexibility index (Phi) is 4.32. The molecule has 5 heteroatoms. The van der Waals surface area contributed by atoms with E-state index < -0.39 is 5.97 Å². The topological polar surface area (TPSA) is 69.6 Å². The molecule has 1 aliphatic heterocycles. The van der Waals surface area contributed by atoms with Crippen LogP contribution in [-0.4, -0.2) is 41.6 Å². The second-order valence-electron chi connectivity index (χ2n) is 6.04. The average molecular weight is 268 g/mol. The Bertz CT molecular complexity index is 345. The van der Waals surface area contributed by atoms with Crippen molar-refractivity contribution in [3.05, 3.63) is 0 Å². The van der Waals surface area contributed by atoms with Crippen LogP contribution in [0.5, 0.6) is 0 Å². The Morgan fingerprint density at radius 1 is 1.32 bits per heavy atom. The van der Waals surface area contributed by atoms with Gasteiger partial charge in [0.05, 0.1) is 0 Å².